The summed E-state index contributed by atoms with van der Waals surface area (Å²) in [4.78, 5) is 4.12. The maximum Gasteiger partial charge on any atom is 0.155 e. The molecule has 1 aliphatic carbocycles. The van der Waals surface area contributed by atoms with Gasteiger partial charge in [-0.25, -0.2) is 13.4 Å². The topological polar surface area (TPSA) is 47.0 Å². The Balaban J connectivity index is 1.61. The van der Waals surface area contributed by atoms with Crippen LogP contribution in [0.3, 0.4) is 0 Å². The summed E-state index contributed by atoms with van der Waals surface area (Å²) in [7, 11) is -2.98. The molecule has 0 amide bonds. The number of sulfone groups is 1. The number of nitrogens with zero attached hydrogens (tertiary/aromatic N) is 1. The lowest BCUT2D eigenvalue weighted by Crippen LogP contribution is -2.34. The predicted octanol–water partition coefficient (Wildman–Crippen LogP) is 5.86. The van der Waals surface area contributed by atoms with Crippen LogP contribution in [-0.2, 0) is 16.3 Å². The summed E-state index contributed by atoms with van der Waals surface area (Å²) in [6.45, 7) is 5.44. The molecule has 0 saturated heterocycles. The molecule has 0 radical (unpaired) electrons. The maximum absolute atomic E-state index is 12.4. The molecule has 0 aliphatic heterocycles. The number of hydrogen-bond donors (Lipinski definition) is 0. The van der Waals surface area contributed by atoms with Crippen LogP contribution in [0.2, 0.25) is 5.15 Å². The summed E-state index contributed by atoms with van der Waals surface area (Å²) < 4.78 is 24.1. The third kappa shape index (κ3) is 6.53. The Morgan fingerprint density at radius 3 is 2.35 bits per heavy atom. The summed E-state index contributed by atoms with van der Waals surface area (Å²) in [5.74, 6) is 1.52. The first kappa shape index (κ1) is 21.7. The summed E-state index contributed by atoms with van der Waals surface area (Å²) >= 11 is 6.09. The first-order valence-electron chi connectivity index (χ1n) is 10.0. The highest BCUT2D eigenvalue weighted by Crippen LogP contribution is 2.34. The SMILES string of the molecule is CC(C)(C)S(=O)(=O)CC1CCC(CCCCCc2cccnc2Cl)CC1. The number of aromatic nitrogens is 1. The van der Waals surface area contributed by atoms with Crippen molar-refractivity contribution in [2.75, 3.05) is 5.75 Å². The highest BCUT2D eigenvalue weighted by atomic mass is 35.5. The summed E-state index contributed by atoms with van der Waals surface area (Å²) in [5.41, 5.74) is 1.15. The van der Waals surface area contributed by atoms with Crippen LogP contribution in [0.15, 0.2) is 18.3 Å². The largest absolute Gasteiger partial charge is 0.244 e. The van der Waals surface area contributed by atoms with Crippen LogP contribution < -0.4 is 0 Å². The predicted molar refractivity (Wildman–Crippen MR) is 110 cm³/mol. The van der Waals surface area contributed by atoms with E-state index in [1.165, 1.54) is 32.1 Å². The van der Waals surface area contributed by atoms with E-state index in [1.807, 2.05) is 26.8 Å². The van der Waals surface area contributed by atoms with Crippen molar-refractivity contribution >= 4 is 21.4 Å². The first-order valence-corrected chi connectivity index (χ1v) is 12.0. The minimum absolute atomic E-state index is 0.364. The summed E-state index contributed by atoms with van der Waals surface area (Å²) in [5, 5.41) is 0.635. The van der Waals surface area contributed by atoms with Gasteiger partial charge in [-0.1, -0.05) is 49.8 Å². The molecule has 1 aromatic heterocycles. The molecule has 148 valence electrons. The van der Waals surface area contributed by atoms with E-state index in [-0.39, 0.29) is 0 Å². The monoisotopic (exact) mass is 399 g/mol. The van der Waals surface area contributed by atoms with Crippen molar-refractivity contribution in [2.45, 2.75) is 83.3 Å². The van der Waals surface area contributed by atoms with E-state index in [0.29, 0.717) is 16.8 Å². The average molecular weight is 400 g/mol. The zero-order chi connectivity index (χ0) is 19.2. The van der Waals surface area contributed by atoms with Gasteiger partial charge < -0.3 is 0 Å². The van der Waals surface area contributed by atoms with Crippen LogP contribution in [-0.4, -0.2) is 23.9 Å². The normalized spacial score (nSPS) is 21.7. The van der Waals surface area contributed by atoms with Gasteiger partial charge in [-0.2, -0.15) is 0 Å². The quantitative estimate of drug-likeness (QED) is 0.406. The minimum Gasteiger partial charge on any atom is -0.244 e. The number of halogens is 1. The molecule has 1 heterocycles. The van der Waals surface area contributed by atoms with E-state index >= 15 is 0 Å². The summed E-state index contributed by atoms with van der Waals surface area (Å²) in [6.07, 6.45) is 12.2. The van der Waals surface area contributed by atoms with Gasteiger partial charge in [0.15, 0.2) is 9.84 Å². The molecular weight excluding hydrogens is 366 g/mol. The van der Waals surface area contributed by atoms with E-state index in [1.54, 1.807) is 6.20 Å². The molecular formula is C21H34ClNO2S. The van der Waals surface area contributed by atoms with Crippen molar-refractivity contribution in [3.05, 3.63) is 29.0 Å². The molecule has 5 heteroatoms. The van der Waals surface area contributed by atoms with E-state index < -0.39 is 14.6 Å². The molecule has 0 atom stereocenters. The van der Waals surface area contributed by atoms with Crippen LogP contribution in [0.4, 0.5) is 0 Å². The Morgan fingerprint density at radius 2 is 1.73 bits per heavy atom. The van der Waals surface area contributed by atoms with Gasteiger partial charge in [-0.3, -0.25) is 0 Å². The van der Waals surface area contributed by atoms with Gasteiger partial charge in [0, 0.05) is 6.20 Å². The molecule has 1 aliphatic rings. The number of unbranched alkanes of at least 4 members (excludes halogenated alkanes) is 2. The zero-order valence-electron chi connectivity index (χ0n) is 16.5. The Hall–Kier alpha value is -0.610. The number of hydrogen-bond acceptors (Lipinski definition) is 3. The van der Waals surface area contributed by atoms with Crippen molar-refractivity contribution in [1.82, 2.24) is 4.98 Å². The van der Waals surface area contributed by atoms with Gasteiger partial charge in [0.05, 0.1) is 10.5 Å². The zero-order valence-corrected chi connectivity index (χ0v) is 18.1. The van der Waals surface area contributed by atoms with E-state index in [9.17, 15) is 8.42 Å². The van der Waals surface area contributed by atoms with E-state index in [0.717, 1.165) is 37.2 Å². The molecule has 2 rings (SSSR count). The highest BCUT2D eigenvalue weighted by Gasteiger charge is 2.33. The van der Waals surface area contributed by atoms with E-state index in [2.05, 4.69) is 11.1 Å². The van der Waals surface area contributed by atoms with Gasteiger partial charge >= 0.3 is 0 Å². The van der Waals surface area contributed by atoms with Crippen molar-refractivity contribution in [1.29, 1.82) is 0 Å². The standard InChI is InChI=1S/C21H34ClNO2S/c1-21(2,3)26(24,25)16-18-13-11-17(12-14-18)8-5-4-6-9-19-10-7-15-23-20(19)22/h7,10,15,17-18H,4-6,8-9,11-14,16H2,1-3H3. The number of pyridine rings is 1. The second kappa shape index (κ2) is 9.54. The van der Waals surface area contributed by atoms with Gasteiger partial charge in [0.25, 0.3) is 0 Å². The molecule has 0 unspecified atom stereocenters. The van der Waals surface area contributed by atoms with Crippen LogP contribution in [0.25, 0.3) is 0 Å². The van der Waals surface area contributed by atoms with Crippen molar-refractivity contribution in [3.8, 4) is 0 Å². The fraction of sp³-hybridized carbons (Fsp3) is 0.762. The molecule has 3 nitrogen and oxygen atoms in total. The van der Waals surface area contributed by atoms with Crippen LogP contribution in [0.1, 0.15) is 77.7 Å². The third-order valence-corrected chi connectivity index (χ3v) is 8.87. The Kier molecular flexibility index (Phi) is 7.96. The lowest BCUT2D eigenvalue weighted by molar-refractivity contribution is 0.272. The maximum atomic E-state index is 12.4. The molecule has 0 N–H and O–H groups in total. The lowest BCUT2D eigenvalue weighted by Gasteiger charge is -2.30. The number of rotatable bonds is 8. The molecule has 0 spiro atoms. The van der Waals surface area contributed by atoms with Crippen molar-refractivity contribution in [2.24, 2.45) is 11.8 Å². The van der Waals surface area contributed by atoms with Gasteiger partial charge in [-0.05, 0) is 69.9 Å². The smallest absolute Gasteiger partial charge is 0.155 e. The Bertz CT molecular complexity index is 659. The fourth-order valence-electron chi connectivity index (χ4n) is 3.78. The average Bonchev–Trinajstić information content (AvgIpc) is 2.56. The highest BCUT2D eigenvalue weighted by molar-refractivity contribution is 7.92. The Morgan fingerprint density at radius 1 is 1.08 bits per heavy atom. The van der Waals surface area contributed by atoms with E-state index in [4.69, 9.17) is 11.6 Å². The minimum atomic E-state index is -2.98. The van der Waals surface area contributed by atoms with Gasteiger partial charge in [0.1, 0.15) is 5.15 Å². The molecule has 1 aromatic rings. The molecule has 26 heavy (non-hydrogen) atoms. The van der Waals surface area contributed by atoms with Crippen molar-refractivity contribution < 1.29 is 8.42 Å². The molecule has 0 aromatic carbocycles. The molecule has 1 saturated carbocycles. The van der Waals surface area contributed by atoms with Crippen LogP contribution in [0, 0.1) is 11.8 Å². The summed E-state index contributed by atoms with van der Waals surface area (Å²) in [6, 6.07) is 4.00. The molecule has 1 fully saturated rings. The van der Waals surface area contributed by atoms with Crippen molar-refractivity contribution in [3.63, 3.8) is 0 Å². The second-order valence-electron chi connectivity index (χ2n) is 8.83. The third-order valence-electron chi connectivity index (χ3n) is 5.75. The first-order chi connectivity index (χ1) is 12.2. The van der Waals surface area contributed by atoms with Crippen LogP contribution in [0.5, 0.6) is 0 Å². The molecule has 0 bridgehead atoms. The van der Waals surface area contributed by atoms with Gasteiger partial charge in [0.2, 0.25) is 0 Å². The Labute approximate surface area is 164 Å². The van der Waals surface area contributed by atoms with Crippen LogP contribution >= 0.6 is 11.6 Å². The number of aryl methyl sites for hydroxylation is 1. The van der Waals surface area contributed by atoms with Gasteiger partial charge in [-0.15, -0.1) is 0 Å². The lowest BCUT2D eigenvalue weighted by atomic mass is 9.80. The second-order valence-corrected chi connectivity index (χ2v) is 12.0. The fourth-order valence-corrected chi connectivity index (χ4v) is 5.45.